The van der Waals surface area contributed by atoms with E-state index in [0.29, 0.717) is 18.1 Å². The van der Waals surface area contributed by atoms with E-state index in [4.69, 9.17) is 9.26 Å². The second-order valence-corrected chi connectivity index (χ2v) is 6.32. The molecule has 0 radical (unpaired) electrons. The number of nitrogens with zero attached hydrogens (tertiary/aromatic N) is 2. The Morgan fingerprint density at radius 3 is 2.88 bits per heavy atom. The minimum absolute atomic E-state index is 0.0888. The molecule has 1 unspecified atom stereocenters. The molecule has 1 aromatic heterocycles. The van der Waals surface area contributed by atoms with Gasteiger partial charge in [-0.15, -0.1) is 0 Å². The SMILES string of the molecule is CC(Nc1cccc2c1OCCC2)c1nc(Cc2ccccc2)no1. The molecule has 0 aliphatic carbocycles. The number of nitrogens with one attached hydrogen (secondary N) is 1. The number of rotatable bonds is 5. The Morgan fingerprint density at radius 2 is 2.00 bits per heavy atom. The maximum absolute atomic E-state index is 5.85. The Bertz CT molecular complexity index is 845. The topological polar surface area (TPSA) is 60.2 Å². The van der Waals surface area contributed by atoms with Gasteiger partial charge in [0.15, 0.2) is 5.82 Å². The third-order valence-electron chi connectivity index (χ3n) is 4.36. The summed E-state index contributed by atoms with van der Waals surface area (Å²) in [4.78, 5) is 4.53. The summed E-state index contributed by atoms with van der Waals surface area (Å²) in [6.07, 6.45) is 2.79. The van der Waals surface area contributed by atoms with E-state index in [1.54, 1.807) is 0 Å². The van der Waals surface area contributed by atoms with Crippen LogP contribution >= 0.6 is 0 Å². The molecule has 0 amide bonds. The summed E-state index contributed by atoms with van der Waals surface area (Å²) in [7, 11) is 0. The fraction of sp³-hybridized carbons (Fsp3) is 0.300. The van der Waals surface area contributed by atoms with Crippen LogP contribution in [-0.4, -0.2) is 16.7 Å². The second kappa shape index (κ2) is 6.97. The normalized spacial score (nSPS) is 14.4. The Kier molecular flexibility index (Phi) is 4.37. The molecule has 25 heavy (non-hydrogen) atoms. The van der Waals surface area contributed by atoms with E-state index in [9.17, 15) is 0 Å². The molecule has 1 aliphatic rings. The van der Waals surface area contributed by atoms with Crippen molar-refractivity contribution < 1.29 is 9.26 Å². The second-order valence-electron chi connectivity index (χ2n) is 6.32. The van der Waals surface area contributed by atoms with Crippen LogP contribution in [0.25, 0.3) is 0 Å². The molecule has 4 rings (SSSR count). The van der Waals surface area contributed by atoms with Gasteiger partial charge in [-0.3, -0.25) is 0 Å². The summed E-state index contributed by atoms with van der Waals surface area (Å²) >= 11 is 0. The van der Waals surface area contributed by atoms with Gasteiger partial charge >= 0.3 is 0 Å². The van der Waals surface area contributed by atoms with E-state index in [1.807, 2.05) is 31.2 Å². The molecule has 0 bridgehead atoms. The van der Waals surface area contributed by atoms with Crippen molar-refractivity contribution in [3.05, 3.63) is 71.4 Å². The average Bonchev–Trinajstić information content (AvgIpc) is 3.11. The quantitative estimate of drug-likeness (QED) is 0.759. The van der Waals surface area contributed by atoms with Crippen LogP contribution in [0.15, 0.2) is 53.1 Å². The zero-order valence-corrected chi connectivity index (χ0v) is 14.2. The van der Waals surface area contributed by atoms with Crippen molar-refractivity contribution in [1.82, 2.24) is 10.1 Å². The van der Waals surface area contributed by atoms with E-state index in [2.05, 4.69) is 39.7 Å². The third kappa shape index (κ3) is 3.50. The highest BCUT2D eigenvalue weighted by atomic mass is 16.5. The van der Waals surface area contributed by atoms with Gasteiger partial charge in [0.2, 0.25) is 5.89 Å². The minimum atomic E-state index is -0.0888. The molecule has 5 heteroatoms. The predicted molar refractivity (Wildman–Crippen MR) is 95.8 cm³/mol. The Balaban J connectivity index is 1.48. The van der Waals surface area contributed by atoms with Crippen LogP contribution in [0.3, 0.4) is 0 Å². The summed E-state index contributed by atoms with van der Waals surface area (Å²) in [5, 5.41) is 7.55. The van der Waals surface area contributed by atoms with Crippen LogP contribution in [0.4, 0.5) is 5.69 Å². The highest BCUT2D eigenvalue weighted by molar-refractivity contribution is 5.61. The number of fused-ring (bicyclic) bond motifs is 1. The Morgan fingerprint density at radius 1 is 1.12 bits per heavy atom. The molecule has 0 spiro atoms. The summed E-state index contributed by atoms with van der Waals surface area (Å²) < 4.78 is 11.3. The van der Waals surface area contributed by atoms with Crippen molar-refractivity contribution >= 4 is 5.69 Å². The van der Waals surface area contributed by atoms with Crippen LogP contribution in [-0.2, 0) is 12.8 Å². The van der Waals surface area contributed by atoms with Crippen molar-refractivity contribution in [2.45, 2.75) is 32.2 Å². The highest BCUT2D eigenvalue weighted by Gasteiger charge is 2.19. The first-order chi connectivity index (χ1) is 12.3. The van der Waals surface area contributed by atoms with Crippen LogP contribution < -0.4 is 10.1 Å². The molecule has 0 fully saturated rings. The number of aromatic nitrogens is 2. The molecule has 2 heterocycles. The number of hydrogen-bond acceptors (Lipinski definition) is 5. The van der Waals surface area contributed by atoms with Crippen molar-refractivity contribution in [1.29, 1.82) is 0 Å². The summed E-state index contributed by atoms with van der Waals surface area (Å²) in [5.74, 6) is 2.23. The van der Waals surface area contributed by atoms with Crippen LogP contribution in [0.1, 0.15) is 42.2 Å². The maximum atomic E-state index is 5.85. The lowest BCUT2D eigenvalue weighted by molar-refractivity contribution is 0.289. The number of aryl methyl sites for hydroxylation is 1. The first kappa shape index (κ1) is 15.7. The third-order valence-corrected chi connectivity index (χ3v) is 4.36. The number of benzene rings is 2. The molecular weight excluding hydrogens is 314 g/mol. The number of ether oxygens (including phenoxy) is 1. The first-order valence-corrected chi connectivity index (χ1v) is 8.67. The van der Waals surface area contributed by atoms with Crippen molar-refractivity contribution in [3.8, 4) is 5.75 Å². The van der Waals surface area contributed by atoms with Gasteiger partial charge < -0.3 is 14.6 Å². The summed E-state index contributed by atoms with van der Waals surface area (Å²) in [6.45, 7) is 2.78. The molecule has 5 nitrogen and oxygen atoms in total. The fourth-order valence-corrected chi connectivity index (χ4v) is 3.09. The van der Waals surface area contributed by atoms with Gasteiger partial charge in [0.05, 0.1) is 12.3 Å². The van der Waals surface area contributed by atoms with Crippen molar-refractivity contribution in [2.75, 3.05) is 11.9 Å². The van der Waals surface area contributed by atoms with E-state index in [-0.39, 0.29) is 6.04 Å². The van der Waals surface area contributed by atoms with E-state index >= 15 is 0 Å². The zero-order valence-electron chi connectivity index (χ0n) is 14.2. The van der Waals surface area contributed by atoms with E-state index in [1.165, 1.54) is 11.1 Å². The molecule has 1 aliphatic heterocycles. The van der Waals surface area contributed by atoms with Crippen LogP contribution in [0.5, 0.6) is 5.75 Å². The van der Waals surface area contributed by atoms with Gasteiger partial charge in [-0.05, 0) is 37.0 Å². The van der Waals surface area contributed by atoms with Crippen molar-refractivity contribution in [2.24, 2.45) is 0 Å². The largest absolute Gasteiger partial charge is 0.491 e. The first-order valence-electron chi connectivity index (χ1n) is 8.67. The van der Waals surface area contributed by atoms with Gasteiger partial charge in [-0.25, -0.2) is 0 Å². The van der Waals surface area contributed by atoms with Crippen molar-refractivity contribution in [3.63, 3.8) is 0 Å². The molecule has 1 N–H and O–H groups in total. The molecule has 0 saturated carbocycles. The van der Waals surface area contributed by atoms with Gasteiger partial charge in [-0.1, -0.05) is 47.6 Å². The van der Waals surface area contributed by atoms with Crippen LogP contribution in [0.2, 0.25) is 0 Å². The predicted octanol–water partition coefficient (Wildman–Crippen LogP) is 4.16. The summed E-state index contributed by atoms with van der Waals surface area (Å²) in [6, 6.07) is 16.3. The molecule has 3 aromatic rings. The van der Waals surface area contributed by atoms with Crippen LogP contribution in [0, 0.1) is 0 Å². The molecular formula is C20H21N3O2. The number of hydrogen-bond donors (Lipinski definition) is 1. The molecule has 2 aromatic carbocycles. The van der Waals surface area contributed by atoms with Gasteiger partial charge in [0, 0.05) is 6.42 Å². The van der Waals surface area contributed by atoms with Gasteiger partial charge in [0.25, 0.3) is 0 Å². The van der Waals surface area contributed by atoms with Gasteiger partial charge in [-0.2, -0.15) is 4.98 Å². The average molecular weight is 335 g/mol. The standard InChI is InChI=1S/C20H21N3O2/c1-14(21-17-11-5-9-16-10-6-12-24-19(16)17)20-22-18(23-25-20)13-15-7-3-2-4-8-15/h2-5,7-9,11,14,21H,6,10,12-13H2,1H3. The smallest absolute Gasteiger partial charge is 0.248 e. The zero-order chi connectivity index (χ0) is 17.1. The lowest BCUT2D eigenvalue weighted by Crippen LogP contribution is -2.13. The van der Waals surface area contributed by atoms with Gasteiger partial charge in [0.1, 0.15) is 11.8 Å². The molecule has 128 valence electrons. The minimum Gasteiger partial charge on any atom is -0.491 e. The summed E-state index contributed by atoms with van der Waals surface area (Å²) in [5.41, 5.74) is 3.40. The Hall–Kier alpha value is -2.82. The fourth-order valence-electron chi connectivity index (χ4n) is 3.09. The van der Waals surface area contributed by atoms with E-state index < -0.39 is 0 Å². The van der Waals surface area contributed by atoms with E-state index in [0.717, 1.165) is 30.9 Å². The lowest BCUT2D eigenvalue weighted by Gasteiger charge is -2.22. The number of anilines is 1. The highest BCUT2D eigenvalue weighted by Crippen LogP contribution is 2.34. The Labute approximate surface area is 147 Å². The molecule has 0 saturated heterocycles. The molecule has 1 atom stereocenters. The maximum Gasteiger partial charge on any atom is 0.248 e. The monoisotopic (exact) mass is 335 g/mol. The lowest BCUT2D eigenvalue weighted by atomic mass is 10.1. The number of para-hydroxylation sites is 1.